The van der Waals surface area contributed by atoms with Crippen molar-refractivity contribution in [2.45, 2.75) is 6.43 Å². The molecule has 0 fully saturated rings. The molecule has 0 aliphatic heterocycles. The Morgan fingerprint density at radius 3 is 2.71 bits per heavy atom. The molecular weight excluding hydrogens is 258 g/mol. The van der Waals surface area contributed by atoms with E-state index in [0.29, 0.717) is 6.29 Å². The van der Waals surface area contributed by atoms with Crippen LogP contribution in [-0.4, -0.2) is 11.3 Å². The Morgan fingerprint density at radius 2 is 2.29 bits per heavy atom. The summed E-state index contributed by atoms with van der Waals surface area (Å²) in [7, 11) is 0. The summed E-state index contributed by atoms with van der Waals surface area (Å²) in [4.78, 5) is 13.9. The summed E-state index contributed by atoms with van der Waals surface area (Å²) >= 11 is 2.87. The number of halogens is 3. The average Bonchev–Trinajstić information content (AvgIpc) is 2.17. The molecule has 0 aliphatic rings. The van der Waals surface area contributed by atoms with Crippen LogP contribution in [-0.2, 0) is 0 Å². The van der Waals surface area contributed by atoms with Crippen LogP contribution in [0.5, 0.6) is 0 Å². The number of aromatic nitrogens is 1. The van der Waals surface area contributed by atoms with Gasteiger partial charge in [-0.1, -0.05) is 0 Å². The molecule has 1 aromatic heterocycles. The van der Waals surface area contributed by atoms with Crippen LogP contribution in [0.3, 0.4) is 0 Å². The molecule has 0 spiro atoms. The number of hydrogen-bond donors (Lipinski definition) is 0. The summed E-state index contributed by atoms with van der Waals surface area (Å²) in [6.07, 6.45) is -1.56. The van der Waals surface area contributed by atoms with Crippen molar-refractivity contribution < 1.29 is 13.6 Å². The maximum atomic E-state index is 12.3. The Labute approximate surface area is 86.5 Å². The van der Waals surface area contributed by atoms with E-state index in [1.165, 1.54) is 0 Å². The highest BCUT2D eigenvalue weighted by Gasteiger charge is 2.18. The van der Waals surface area contributed by atoms with Gasteiger partial charge in [-0.15, -0.1) is 0 Å². The number of nitriles is 1. The topological polar surface area (TPSA) is 53.8 Å². The number of carbonyl (C=O) groups excluding carboxylic acids is 1. The number of carbonyl (C=O) groups is 1. The van der Waals surface area contributed by atoms with E-state index in [2.05, 4.69) is 20.9 Å². The second-order valence-corrected chi connectivity index (χ2v) is 3.11. The summed E-state index contributed by atoms with van der Waals surface area (Å²) in [5.41, 5.74) is -0.798. The first-order chi connectivity index (χ1) is 6.61. The van der Waals surface area contributed by atoms with Gasteiger partial charge in [0.1, 0.15) is 11.8 Å². The molecule has 0 bridgehead atoms. The highest BCUT2D eigenvalue weighted by atomic mass is 79.9. The van der Waals surface area contributed by atoms with Crippen LogP contribution in [0.1, 0.15) is 28.0 Å². The normalized spacial score (nSPS) is 9.93. The van der Waals surface area contributed by atoms with Crippen LogP contribution in [0.4, 0.5) is 8.78 Å². The van der Waals surface area contributed by atoms with Crippen molar-refractivity contribution in [2.24, 2.45) is 0 Å². The monoisotopic (exact) mass is 260 g/mol. The molecule has 0 saturated carbocycles. The Balaban J connectivity index is 3.45. The summed E-state index contributed by atoms with van der Waals surface area (Å²) in [5, 5.41) is 8.61. The van der Waals surface area contributed by atoms with Gasteiger partial charge in [-0.3, -0.25) is 9.78 Å². The SMILES string of the molecule is N#Cc1c(C(F)F)cnc(C=O)c1Br. The van der Waals surface area contributed by atoms with Crippen LogP contribution in [0.2, 0.25) is 0 Å². The molecule has 0 radical (unpaired) electrons. The van der Waals surface area contributed by atoms with Crippen molar-refractivity contribution >= 4 is 22.2 Å². The summed E-state index contributed by atoms with van der Waals surface area (Å²) in [6.45, 7) is 0. The second-order valence-electron chi connectivity index (χ2n) is 2.32. The lowest BCUT2D eigenvalue weighted by Gasteiger charge is -2.04. The van der Waals surface area contributed by atoms with Crippen LogP contribution in [0.25, 0.3) is 0 Å². The third kappa shape index (κ3) is 1.77. The fourth-order valence-electron chi connectivity index (χ4n) is 0.876. The Morgan fingerprint density at radius 1 is 1.64 bits per heavy atom. The average molecular weight is 261 g/mol. The Kier molecular flexibility index (Phi) is 3.25. The summed E-state index contributed by atoms with van der Waals surface area (Å²) in [5.74, 6) is 0. The van der Waals surface area contributed by atoms with E-state index in [0.717, 1.165) is 6.20 Å². The first-order valence-corrected chi connectivity index (χ1v) is 4.23. The van der Waals surface area contributed by atoms with Gasteiger partial charge < -0.3 is 0 Å². The van der Waals surface area contributed by atoms with E-state index >= 15 is 0 Å². The number of pyridine rings is 1. The van der Waals surface area contributed by atoms with Crippen molar-refractivity contribution in [2.75, 3.05) is 0 Å². The lowest BCUT2D eigenvalue weighted by Crippen LogP contribution is -1.98. The van der Waals surface area contributed by atoms with Crippen LogP contribution in [0.15, 0.2) is 10.7 Å². The fourth-order valence-corrected chi connectivity index (χ4v) is 1.39. The van der Waals surface area contributed by atoms with Crippen LogP contribution in [0, 0.1) is 11.3 Å². The van der Waals surface area contributed by atoms with Crippen molar-refractivity contribution in [1.82, 2.24) is 4.98 Å². The molecule has 6 heteroatoms. The first-order valence-electron chi connectivity index (χ1n) is 3.43. The molecule has 3 nitrogen and oxygen atoms in total. The van der Waals surface area contributed by atoms with E-state index < -0.39 is 12.0 Å². The van der Waals surface area contributed by atoms with Crippen molar-refractivity contribution in [3.63, 3.8) is 0 Å². The summed E-state index contributed by atoms with van der Waals surface area (Å²) < 4.78 is 24.7. The van der Waals surface area contributed by atoms with Gasteiger partial charge in [-0.2, -0.15) is 5.26 Å². The quantitative estimate of drug-likeness (QED) is 0.768. The highest BCUT2D eigenvalue weighted by molar-refractivity contribution is 9.10. The van der Waals surface area contributed by atoms with Gasteiger partial charge in [-0.25, -0.2) is 8.78 Å². The Hall–Kier alpha value is -1.35. The molecule has 0 unspecified atom stereocenters. The van der Waals surface area contributed by atoms with Gasteiger partial charge in [0, 0.05) is 6.20 Å². The number of aldehydes is 1. The zero-order chi connectivity index (χ0) is 10.7. The fraction of sp³-hybridized carbons (Fsp3) is 0.125. The van der Waals surface area contributed by atoms with Crippen LogP contribution >= 0.6 is 15.9 Å². The number of rotatable bonds is 2. The molecule has 1 rings (SSSR count). The molecular formula is C8H3BrF2N2O. The standard InChI is InChI=1S/C8H3BrF2N2O/c9-7-4(1-12)5(8(10)11)2-13-6(7)3-14/h2-3,8H. The summed E-state index contributed by atoms with van der Waals surface area (Å²) in [6, 6.07) is 1.59. The number of hydrogen-bond acceptors (Lipinski definition) is 3. The predicted molar refractivity (Wildman–Crippen MR) is 47.0 cm³/mol. The molecule has 0 amide bonds. The molecule has 14 heavy (non-hydrogen) atoms. The minimum atomic E-state index is -2.78. The second kappa shape index (κ2) is 4.24. The maximum Gasteiger partial charge on any atom is 0.266 e. The lowest BCUT2D eigenvalue weighted by atomic mass is 10.1. The minimum absolute atomic E-state index is 0.00722. The van der Waals surface area contributed by atoms with E-state index in [9.17, 15) is 13.6 Å². The van der Waals surface area contributed by atoms with E-state index in [1.54, 1.807) is 6.07 Å². The zero-order valence-electron chi connectivity index (χ0n) is 6.67. The molecule has 0 atom stereocenters. The van der Waals surface area contributed by atoms with Crippen molar-refractivity contribution in [3.8, 4) is 6.07 Å². The largest absolute Gasteiger partial charge is 0.296 e. The lowest BCUT2D eigenvalue weighted by molar-refractivity contribution is 0.111. The zero-order valence-corrected chi connectivity index (χ0v) is 8.25. The van der Waals surface area contributed by atoms with E-state index in [1.807, 2.05) is 0 Å². The molecule has 0 aromatic carbocycles. The molecule has 0 saturated heterocycles. The van der Waals surface area contributed by atoms with Crippen molar-refractivity contribution in [3.05, 3.63) is 27.5 Å². The molecule has 1 heterocycles. The molecule has 72 valence electrons. The molecule has 0 aliphatic carbocycles. The Bertz CT molecular complexity index is 415. The van der Waals surface area contributed by atoms with Gasteiger partial charge in [0.05, 0.1) is 15.6 Å². The third-order valence-corrected chi connectivity index (χ3v) is 2.34. The molecule has 1 aromatic rings. The van der Waals surface area contributed by atoms with Gasteiger partial charge >= 0.3 is 0 Å². The maximum absolute atomic E-state index is 12.3. The van der Waals surface area contributed by atoms with E-state index in [-0.39, 0.29) is 15.7 Å². The third-order valence-electron chi connectivity index (χ3n) is 1.53. The van der Waals surface area contributed by atoms with Gasteiger partial charge in [-0.05, 0) is 15.9 Å². The molecule has 0 N–H and O–H groups in total. The van der Waals surface area contributed by atoms with Crippen molar-refractivity contribution in [1.29, 1.82) is 5.26 Å². The predicted octanol–water partition coefficient (Wildman–Crippen LogP) is 2.47. The first kappa shape index (κ1) is 10.7. The highest BCUT2D eigenvalue weighted by Crippen LogP contribution is 2.28. The van der Waals surface area contributed by atoms with Crippen LogP contribution < -0.4 is 0 Å². The van der Waals surface area contributed by atoms with Gasteiger partial charge in [0.15, 0.2) is 6.29 Å². The number of nitrogens with zero attached hydrogens (tertiary/aromatic N) is 2. The van der Waals surface area contributed by atoms with Gasteiger partial charge in [0.25, 0.3) is 6.43 Å². The number of alkyl halides is 2. The smallest absolute Gasteiger partial charge is 0.266 e. The van der Waals surface area contributed by atoms with E-state index in [4.69, 9.17) is 5.26 Å². The minimum Gasteiger partial charge on any atom is -0.296 e. The van der Waals surface area contributed by atoms with Gasteiger partial charge in [0.2, 0.25) is 0 Å².